The van der Waals surface area contributed by atoms with E-state index < -0.39 is 0 Å². The molecule has 2 fully saturated rings. The van der Waals surface area contributed by atoms with Gasteiger partial charge in [0.2, 0.25) is 0 Å². The van der Waals surface area contributed by atoms with Crippen molar-refractivity contribution in [3.8, 4) is 0 Å². The van der Waals surface area contributed by atoms with Crippen LogP contribution in [0.2, 0.25) is 0 Å². The Balaban J connectivity index is 1.98. The molecule has 0 aromatic carbocycles. The number of carbonyl (C=O) groups excluding carboxylic acids is 1. The molecule has 1 unspecified atom stereocenters. The van der Waals surface area contributed by atoms with E-state index in [4.69, 9.17) is 4.74 Å². The van der Waals surface area contributed by atoms with Gasteiger partial charge in [-0.05, 0) is 38.6 Å². The first-order chi connectivity index (χ1) is 6.24. The maximum absolute atomic E-state index is 11.5. The minimum absolute atomic E-state index is 0.0394. The van der Waals surface area contributed by atoms with Crippen molar-refractivity contribution in [1.82, 2.24) is 4.90 Å². The highest BCUT2D eigenvalue weighted by molar-refractivity contribution is 5.76. The Hall–Kier alpha value is -0.570. The highest BCUT2D eigenvalue weighted by Gasteiger charge is 2.43. The van der Waals surface area contributed by atoms with Crippen molar-refractivity contribution in [3.63, 3.8) is 0 Å². The zero-order chi connectivity index (χ0) is 9.42. The van der Waals surface area contributed by atoms with Crippen molar-refractivity contribution in [2.75, 3.05) is 14.2 Å². The van der Waals surface area contributed by atoms with Crippen molar-refractivity contribution in [2.24, 2.45) is 5.92 Å². The molecule has 13 heavy (non-hydrogen) atoms. The van der Waals surface area contributed by atoms with Gasteiger partial charge in [0.1, 0.15) is 6.04 Å². The van der Waals surface area contributed by atoms with Gasteiger partial charge in [-0.2, -0.15) is 0 Å². The molecule has 0 heterocycles. The Morgan fingerprint density at radius 1 is 1.38 bits per heavy atom. The van der Waals surface area contributed by atoms with Crippen LogP contribution in [0.3, 0.4) is 0 Å². The van der Waals surface area contributed by atoms with Crippen LogP contribution < -0.4 is 0 Å². The third kappa shape index (κ3) is 1.85. The summed E-state index contributed by atoms with van der Waals surface area (Å²) in [5.41, 5.74) is 0. The lowest BCUT2D eigenvalue weighted by Gasteiger charge is -2.25. The summed E-state index contributed by atoms with van der Waals surface area (Å²) < 4.78 is 4.83. The van der Waals surface area contributed by atoms with Crippen LogP contribution >= 0.6 is 0 Å². The molecule has 0 N–H and O–H groups in total. The Labute approximate surface area is 79.0 Å². The van der Waals surface area contributed by atoms with E-state index in [1.165, 1.54) is 32.8 Å². The van der Waals surface area contributed by atoms with Gasteiger partial charge in [-0.3, -0.25) is 9.69 Å². The van der Waals surface area contributed by atoms with E-state index in [-0.39, 0.29) is 12.0 Å². The van der Waals surface area contributed by atoms with Gasteiger partial charge < -0.3 is 4.74 Å². The van der Waals surface area contributed by atoms with Crippen molar-refractivity contribution >= 4 is 5.97 Å². The normalized spacial score (nSPS) is 24.5. The van der Waals surface area contributed by atoms with E-state index in [0.717, 1.165) is 0 Å². The average molecular weight is 183 g/mol. The highest BCUT2D eigenvalue weighted by atomic mass is 16.5. The number of carbonyl (C=O) groups is 1. The molecule has 2 saturated carbocycles. The molecule has 0 aromatic rings. The van der Waals surface area contributed by atoms with Gasteiger partial charge in [-0.1, -0.05) is 0 Å². The van der Waals surface area contributed by atoms with E-state index in [9.17, 15) is 4.79 Å². The molecule has 0 aliphatic heterocycles. The van der Waals surface area contributed by atoms with Crippen molar-refractivity contribution in [2.45, 2.75) is 37.8 Å². The number of hydrogen-bond acceptors (Lipinski definition) is 3. The fraction of sp³-hybridized carbons (Fsp3) is 0.900. The lowest BCUT2D eigenvalue weighted by atomic mass is 10.1. The summed E-state index contributed by atoms with van der Waals surface area (Å²) in [4.78, 5) is 13.7. The van der Waals surface area contributed by atoms with E-state index in [1.54, 1.807) is 0 Å². The van der Waals surface area contributed by atoms with Gasteiger partial charge >= 0.3 is 5.97 Å². The zero-order valence-electron chi connectivity index (χ0n) is 8.32. The summed E-state index contributed by atoms with van der Waals surface area (Å²) in [6.07, 6.45) is 4.88. The Kier molecular flexibility index (Phi) is 2.28. The molecule has 3 heteroatoms. The first kappa shape index (κ1) is 9.00. The quantitative estimate of drug-likeness (QED) is 0.610. The monoisotopic (exact) mass is 183 g/mol. The maximum Gasteiger partial charge on any atom is 0.323 e. The smallest absolute Gasteiger partial charge is 0.323 e. The molecular formula is C10H17NO2. The van der Waals surface area contributed by atoms with E-state index in [1.807, 2.05) is 0 Å². The fourth-order valence-corrected chi connectivity index (χ4v) is 1.93. The predicted octanol–water partition coefficient (Wildman–Crippen LogP) is 1.03. The fourth-order valence-electron chi connectivity index (χ4n) is 1.93. The van der Waals surface area contributed by atoms with Crippen molar-refractivity contribution in [1.29, 1.82) is 0 Å². The van der Waals surface area contributed by atoms with Crippen LogP contribution in [0.5, 0.6) is 0 Å². The van der Waals surface area contributed by atoms with Gasteiger partial charge in [0.15, 0.2) is 0 Å². The van der Waals surface area contributed by atoms with Gasteiger partial charge in [0, 0.05) is 6.04 Å². The molecule has 0 radical (unpaired) electrons. The van der Waals surface area contributed by atoms with Crippen LogP contribution in [-0.2, 0) is 9.53 Å². The number of hydrogen-bond donors (Lipinski definition) is 0. The Morgan fingerprint density at radius 2 is 2.00 bits per heavy atom. The van der Waals surface area contributed by atoms with Crippen molar-refractivity contribution < 1.29 is 9.53 Å². The van der Waals surface area contributed by atoms with E-state index >= 15 is 0 Å². The number of rotatable bonds is 4. The number of esters is 1. The van der Waals surface area contributed by atoms with Crippen LogP contribution in [0, 0.1) is 5.92 Å². The predicted molar refractivity (Wildman–Crippen MR) is 49.3 cm³/mol. The molecule has 0 amide bonds. The van der Waals surface area contributed by atoms with E-state index in [2.05, 4.69) is 11.9 Å². The third-order valence-electron chi connectivity index (χ3n) is 3.07. The van der Waals surface area contributed by atoms with Crippen LogP contribution in [0.4, 0.5) is 0 Å². The minimum atomic E-state index is -0.0445. The Morgan fingerprint density at radius 3 is 2.38 bits per heavy atom. The van der Waals surface area contributed by atoms with Gasteiger partial charge in [0.25, 0.3) is 0 Å². The summed E-state index contributed by atoms with van der Waals surface area (Å²) in [5, 5.41) is 0. The number of nitrogens with zero attached hydrogens (tertiary/aromatic N) is 1. The molecular weight excluding hydrogens is 166 g/mol. The number of likely N-dealkylation sites (N-methyl/N-ethyl adjacent to an activating group) is 1. The van der Waals surface area contributed by atoms with Gasteiger partial charge in [0.05, 0.1) is 7.11 Å². The lowest BCUT2D eigenvalue weighted by Crippen LogP contribution is -2.42. The van der Waals surface area contributed by atoms with Crippen LogP contribution in [-0.4, -0.2) is 37.1 Å². The first-order valence-corrected chi connectivity index (χ1v) is 5.04. The molecule has 0 spiro atoms. The van der Waals surface area contributed by atoms with Crippen LogP contribution in [0.25, 0.3) is 0 Å². The topological polar surface area (TPSA) is 29.5 Å². The molecule has 2 rings (SSSR count). The molecule has 74 valence electrons. The van der Waals surface area contributed by atoms with Crippen LogP contribution in [0.15, 0.2) is 0 Å². The second kappa shape index (κ2) is 3.29. The van der Waals surface area contributed by atoms with Crippen LogP contribution in [0.1, 0.15) is 25.7 Å². The maximum atomic E-state index is 11.5. The molecule has 2 aliphatic carbocycles. The molecule has 0 aromatic heterocycles. The summed E-state index contributed by atoms with van der Waals surface area (Å²) in [6.45, 7) is 0. The zero-order valence-corrected chi connectivity index (χ0v) is 8.32. The summed E-state index contributed by atoms with van der Waals surface area (Å²) in [7, 11) is 3.54. The standard InChI is InChI=1S/C10H17NO2/c1-11(8-5-6-8)9(7-3-4-7)10(12)13-2/h7-9H,3-6H2,1-2H3. The first-order valence-electron chi connectivity index (χ1n) is 5.04. The van der Waals surface area contributed by atoms with Gasteiger partial charge in [-0.25, -0.2) is 0 Å². The molecule has 2 aliphatic rings. The molecule has 0 bridgehead atoms. The van der Waals surface area contributed by atoms with E-state index in [0.29, 0.717) is 12.0 Å². The molecule has 3 nitrogen and oxygen atoms in total. The largest absolute Gasteiger partial charge is 0.468 e. The summed E-state index contributed by atoms with van der Waals surface area (Å²) in [5.74, 6) is 0.523. The lowest BCUT2D eigenvalue weighted by molar-refractivity contribution is -0.147. The third-order valence-corrected chi connectivity index (χ3v) is 3.07. The Bertz CT molecular complexity index is 209. The number of methoxy groups -OCH3 is 1. The van der Waals surface area contributed by atoms with Gasteiger partial charge in [-0.15, -0.1) is 0 Å². The summed E-state index contributed by atoms with van der Waals surface area (Å²) >= 11 is 0. The summed E-state index contributed by atoms with van der Waals surface area (Å²) in [6, 6.07) is 0.683. The SMILES string of the molecule is COC(=O)C(C1CC1)N(C)C1CC1. The molecule has 1 atom stereocenters. The van der Waals surface area contributed by atoms with Crippen molar-refractivity contribution in [3.05, 3.63) is 0 Å². The highest BCUT2D eigenvalue weighted by Crippen LogP contribution is 2.39. The second-order valence-corrected chi connectivity index (χ2v) is 4.20. The number of ether oxygens (including phenoxy) is 1. The second-order valence-electron chi connectivity index (χ2n) is 4.20. The average Bonchev–Trinajstić information content (AvgIpc) is 2.96. The molecule has 0 saturated heterocycles. The minimum Gasteiger partial charge on any atom is -0.468 e.